The molecule has 0 bridgehead atoms. The number of guanidine groups is 1. The van der Waals surface area contributed by atoms with Gasteiger partial charge in [0.1, 0.15) is 5.70 Å². The molecule has 1 unspecified atom stereocenters. The summed E-state index contributed by atoms with van der Waals surface area (Å²) in [4.78, 5) is 23.0. The fraction of sp³-hybridized carbons (Fsp3) is 0.450. The van der Waals surface area contributed by atoms with Gasteiger partial charge in [-0.05, 0) is 43.0 Å². The normalized spacial score (nSPS) is 17.2. The summed E-state index contributed by atoms with van der Waals surface area (Å²) in [5, 5.41) is 3.38. The fourth-order valence-corrected chi connectivity index (χ4v) is 3.75. The summed E-state index contributed by atoms with van der Waals surface area (Å²) in [6.45, 7) is 7.59. The van der Waals surface area contributed by atoms with Gasteiger partial charge >= 0.3 is 0 Å². The molecule has 1 N–H and O–H groups in total. The summed E-state index contributed by atoms with van der Waals surface area (Å²) in [5.41, 5.74) is 4.17. The molecule has 1 atom stereocenters. The number of carbonyl (C=O) groups excluding carboxylic acids is 1. The third-order valence-corrected chi connectivity index (χ3v) is 5.13. The van der Waals surface area contributed by atoms with Crippen molar-refractivity contribution in [3.8, 4) is 0 Å². The van der Waals surface area contributed by atoms with Gasteiger partial charge in [0.15, 0.2) is 0 Å². The van der Waals surface area contributed by atoms with Crippen LogP contribution >= 0.6 is 11.3 Å². The number of thiazole rings is 1. The van der Waals surface area contributed by atoms with Crippen molar-refractivity contribution in [3.63, 3.8) is 0 Å². The quantitative estimate of drug-likeness (QED) is 0.740. The molecule has 2 heterocycles. The van der Waals surface area contributed by atoms with Crippen LogP contribution in [0.5, 0.6) is 0 Å². The molecule has 0 fully saturated rings. The van der Waals surface area contributed by atoms with E-state index >= 15 is 0 Å². The predicted molar refractivity (Wildman–Crippen MR) is 111 cm³/mol. The smallest absolute Gasteiger partial charge is 0.279 e. The molecule has 0 radical (unpaired) electrons. The predicted octanol–water partition coefficient (Wildman–Crippen LogP) is 3.51. The summed E-state index contributed by atoms with van der Waals surface area (Å²) in [6.07, 6.45) is 2.77. The van der Waals surface area contributed by atoms with Crippen LogP contribution in [0.15, 0.2) is 34.4 Å². The minimum absolute atomic E-state index is 0.110. The second kappa shape index (κ2) is 8.63. The van der Waals surface area contributed by atoms with Crippen molar-refractivity contribution < 1.29 is 9.53 Å². The molecule has 1 aliphatic rings. The van der Waals surface area contributed by atoms with E-state index < -0.39 is 0 Å². The summed E-state index contributed by atoms with van der Waals surface area (Å²) in [7, 11) is 1.74. The topological polar surface area (TPSA) is 66.8 Å². The van der Waals surface area contributed by atoms with Crippen LogP contribution in [0.3, 0.4) is 0 Å². The van der Waals surface area contributed by atoms with E-state index in [0.29, 0.717) is 30.8 Å². The summed E-state index contributed by atoms with van der Waals surface area (Å²) in [5.74, 6) is 0.990. The molecular weight excluding hydrogens is 360 g/mol. The largest absolute Gasteiger partial charge is 0.380 e. The Bertz CT molecular complexity index is 872. The number of hydrogen-bond acceptors (Lipinski definition) is 6. The van der Waals surface area contributed by atoms with Crippen LogP contribution in [0.2, 0.25) is 0 Å². The number of aliphatic imine (C=N–C) groups is 1. The number of hydrogen-bond donors (Lipinski definition) is 1. The lowest BCUT2D eigenvalue weighted by Crippen LogP contribution is -2.45. The molecule has 3 rings (SSSR count). The van der Waals surface area contributed by atoms with Crippen molar-refractivity contribution in [2.75, 3.05) is 20.3 Å². The molecule has 144 valence electrons. The Morgan fingerprint density at radius 2 is 2.19 bits per heavy atom. The first kappa shape index (κ1) is 19.5. The maximum absolute atomic E-state index is 12.6. The van der Waals surface area contributed by atoms with Crippen LogP contribution in [-0.2, 0) is 9.53 Å². The lowest BCUT2D eigenvalue weighted by Gasteiger charge is -2.23. The standard InChI is InChI=1S/C20H26N4O2S/c1-5-26-11-15(8-13(2)3)22-20-23-17(19(25)24(20)4)9-14-6-7-16-18(10-14)27-12-21-16/h6-7,9-10,12-13,15H,5,8,11H2,1-4H3,(H,22,23)/b17-9-. The number of likely N-dealkylation sites (N-methyl/N-ethyl adjacent to an activating group) is 1. The molecule has 1 aliphatic heterocycles. The minimum Gasteiger partial charge on any atom is -0.380 e. The zero-order valence-corrected chi connectivity index (χ0v) is 17.0. The molecule has 7 heteroatoms. The van der Waals surface area contributed by atoms with Crippen molar-refractivity contribution in [1.29, 1.82) is 0 Å². The molecule has 2 aromatic rings. The Labute approximate surface area is 164 Å². The van der Waals surface area contributed by atoms with Gasteiger partial charge in [0.2, 0.25) is 5.96 Å². The number of aromatic nitrogens is 1. The summed E-state index contributed by atoms with van der Waals surface area (Å²) < 4.78 is 6.68. The van der Waals surface area contributed by atoms with Crippen LogP contribution in [0, 0.1) is 5.92 Å². The van der Waals surface area contributed by atoms with Gasteiger partial charge < -0.3 is 10.1 Å². The number of benzene rings is 1. The summed E-state index contributed by atoms with van der Waals surface area (Å²) >= 11 is 1.59. The van der Waals surface area contributed by atoms with Crippen LogP contribution in [0.4, 0.5) is 0 Å². The van der Waals surface area contributed by atoms with Crippen molar-refractivity contribution in [2.24, 2.45) is 10.9 Å². The third-order valence-electron chi connectivity index (χ3n) is 4.34. The number of fused-ring (bicyclic) bond motifs is 1. The second-order valence-corrected chi connectivity index (χ2v) is 7.93. The number of amides is 1. The van der Waals surface area contributed by atoms with Gasteiger partial charge in [0.25, 0.3) is 5.91 Å². The van der Waals surface area contributed by atoms with Crippen molar-refractivity contribution in [3.05, 3.63) is 35.0 Å². The highest BCUT2D eigenvalue weighted by Crippen LogP contribution is 2.22. The maximum atomic E-state index is 12.6. The zero-order valence-electron chi connectivity index (χ0n) is 16.2. The molecule has 0 saturated carbocycles. The first-order valence-electron chi connectivity index (χ1n) is 9.24. The van der Waals surface area contributed by atoms with E-state index in [-0.39, 0.29) is 11.9 Å². The lowest BCUT2D eigenvalue weighted by molar-refractivity contribution is -0.121. The number of nitrogens with zero attached hydrogens (tertiary/aromatic N) is 3. The molecule has 1 aromatic carbocycles. The molecule has 27 heavy (non-hydrogen) atoms. The van der Waals surface area contributed by atoms with E-state index in [1.54, 1.807) is 23.3 Å². The second-order valence-electron chi connectivity index (χ2n) is 7.04. The Morgan fingerprint density at radius 1 is 1.37 bits per heavy atom. The minimum atomic E-state index is -0.110. The maximum Gasteiger partial charge on any atom is 0.279 e. The molecule has 6 nitrogen and oxygen atoms in total. The Balaban J connectivity index is 1.80. The SMILES string of the molecule is CCOCC(CC(C)C)NC1=N/C(=C\c2ccc3ncsc3c2)C(=O)N1C. The molecule has 0 aliphatic carbocycles. The summed E-state index contributed by atoms with van der Waals surface area (Å²) in [6, 6.07) is 6.07. The van der Waals surface area contributed by atoms with E-state index in [1.165, 1.54) is 0 Å². The molecule has 0 spiro atoms. The van der Waals surface area contributed by atoms with Gasteiger partial charge in [-0.1, -0.05) is 19.9 Å². The average Bonchev–Trinajstić information content (AvgIpc) is 3.19. The van der Waals surface area contributed by atoms with Crippen molar-refractivity contribution >= 4 is 39.5 Å². The number of carbonyl (C=O) groups is 1. The van der Waals surface area contributed by atoms with E-state index in [0.717, 1.165) is 22.2 Å². The monoisotopic (exact) mass is 386 g/mol. The van der Waals surface area contributed by atoms with Gasteiger partial charge in [-0.15, -0.1) is 11.3 Å². The van der Waals surface area contributed by atoms with E-state index in [9.17, 15) is 4.79 Å². The molecule has 0 saturated heterocycles. The highest BCUT2D eigenvalue weighted by atomic mass is 32.1. The number of nitrogens with one attached hydrogen (secondary N) is 1. The number of rotatable bonds is 7. The molecule has 1 aromatic heterocycles. The van der Waals surface area contributed by atoms with Gasteiger partial charge in [0, 0.05) is 13.7 Å². The van der Waals surface area contributed by atoms with E-state index in [4.69, 9.17) is 4.74 Å². The van der Waals surface area contributed by atoms with Crippen LogP contribution in [-0.4, -0.2) is 48.1 Å². The van der Waals surface area contributed by atoms with Crippen LogP contribution in [0.1, 0.15) is 32.8 Å². The number of ether oxygens (including phenoxy) is 1. The zero-order chi connectivity index (χ0) is 19.4. The lowest BCUT2D eigenvalue weighted by atomic mass is 10.0. The fourth-order valence-electron chi connectivity index (χ4n) is 3.03. The first-order chi connectivity index (χ1) is 13.0. The van der Waals surface area contributed by atoms with Crippen LogP contribution < -0.4 is 5.32 Å². The highest BCUT2D eigenvalue weighted by Gasteiger charge is 2.28. The Kier molecular flexibility index (Phi) is 6.23. The Morgan fingerprint density at radius 3 is 2.93 bits per heavy atom. The van der Waals surface area contributed by atoms with Gasteiger partial charge in [-0.25, -0.2) is 9.98 Å². The van der Waals surface area contributed by atoms with Crippen LogP contribution in [0.25, 0.3) is 16.3 Å². The molecular formula is C20H26N4O2S. The van der Waals surface area contributed by atoms with Gasteiger partial charge in [0.05, 0.1) is 28.4 Å². The van der Waals surface area contributed by atoms with E-state index in [1.807, 2.05) is 36.7 Å². The first-order valence-corrected chi connectivity index (χ1v) is 10.1. The highest BCUT2D eigenvalue weighted by molar-refractivity contribution is 7.16. The third kappa shape index (κ3) is 4.73. The van der Waals surface area contributed by atoms with E-state index in [2.05, 4.69) is 29.1 Å². The average molecular weight is 387 g/mol. The Hall–Kier alpha value is -2.25. The molecule has 1 amide bonds. The van der Waals surface area contributed by atoms with Crippen molar-refractivity contribution in [1.82, 2.24) is 15.2 Å². The van der Waals surface area contributed by atoms with Crippen molar-refractivity contribution in [2.45, 2.75) is 33.2 Å². The van der Waals surface area contributed by atoms with Gasteiger partial charge in [-0.3, -0.25) is 9.69 Å². The van der Waals surface area contributed by atoms with Gasteiger partial charge in [-0.2, -0.15) is 0 Å².